The lowest BCUT2D eigenvalue weighted by Gasteiger charge is -2.25. The molecule has 0 aliphatic carbocycles. The zero-order valence-electron chi connectivity index (χ0n) is 13.6. The Balaban J connectivity index is 1.79. The molecule has 118 valence electrons. The Hall–Kier alpha value is -1.02. The predicted octanol–water partition coefficient (Wildman–Crippen LogP) is 5.07. The van der Waals surface area contributed by atoms with Gasteiger partial charge in [-0.2, -0.15) is 0 Å². The van der Waals surface area contributed by atoms with E-state index in [2.05, 4.69) is 30.0 Å². The summed E-state index contributed by atoms with van der Waals surface area (Å²) in [6.45, 7) is 4.49. The molecule has 1 heterocycles. The van der Waals surface area contributed by atoms with Crippen LogP contribution in [0.1, 0.15) is 76.4 Å². The molecule has 0 amide bonds. The van der Waals surface area contributed by atoms with Gasteiger partial charge in [0.15, 0.2) is 0 Å². The van der Waals surface area contributed by atoms with E-state index in [1.54, 1.807) is 0 Å². The Kier molecular flexibility index (Phi) is 7.08. The van der Waals surface area contributed by atoms with Crippen LogP contribution in [0.25, 0.3) is 0 Å². The van der Waals surface area contributed by atoms with Crippen LogP contribution in [0.2, 0.25) is 0 Å². The van der Waals surface area contributed by atoms with Gasteiger partial charge in [0.25, 0.3) is 0 Å². The Labute approximate surface area is 130 Å². The third-order valence-corrected chi connectivity index (χ3v) is 4.57. The molecule has 0 aromatic heterocycles. The van der Waals surface area contributed by atoms with Crippen LogP contribution in [0.4, 0.5) is 5.69 Å². The third kappa shape index (κ3) is 5.03. The van der Waals surface area contributed by atoms with Gasteiger partial charge < -0.3 is 10.0 Å². The van der Waals surface area contributed by atoms with Gasteiger partial charge >= 0.3 is 0 Å². The monoisotopic (exact) mass is 289 g/mol. The Morgan fingerprint density at radius 1 is 1.05 bits per heavy atom. The van der Waals surface area contributed by atoms with Crippen molar-refractivity contribution in [2.45, 2.75) is 70.8 Å². The minimum Gasteiger partial charge on any atom is -0.388 e. The number of anilines is 1. The topological polar surface area (TPSA) is 23.5 Å². The Morgan fingerprint density at radius 2 is 1.76 bits per heavy atom. The summed E-state index contributed by atoms with van der Waals surface area (Å²) in [6.07, 6.45) is 11.2. The van der Waals surface area contributed by atoms with Crippen LogP contribution in [0.5, 0.6) is 0 Å². The summed E-state index contributed by atoms with van der Waals surface area (Å²) in [6, 6.07) is 8.39. The van der Waals surface area contributed by atoms with E-state index in [1.807, 2.05) is 6.07 Å². The molecule has 2 rings (SSSR count). The fourth-order valence-electron chi connectivity index (χ4n) is 3.30. The van der Waals surface area contributed by atoms with E-state index >= 15 is 0 Å². The summed E-state index contributed by atoms with van der Waals surface area (Å²) < 4.78 is 0. The maximum atomic E-state index is 10.2. The summed E-state index contributed by atoms with van der Waals surface area (Å²) in [5.41, 5.74) is 2.38. The lowest BCUT2D eigenvalue weighted by Crippen LogP contribution is -2.25. The Bertz CT molecular complexity index is 404. The lowest BCUT2D eigenvalue weighted by atomic mass is 10.0. The Morgan fingerprint density at radius 3 is 2.57 bits per heavy atom. The number of aliphatic hydroxyl groups is 1. The van der Waals surface area contributed by atoms with Crippen molar-refractivity contribution in [3.05, 3.63) is 29.8 Å². The van der Waals surface area contributed by atoms with Crippen molar-refractivity contribution in [1.82, 2.24) is 0 Å². The molecule has 1 aliphatic heterocycles. The highest BCUT2D eigenvalue weighted by Crippen LogP contribution is 2.32. The summed E-state index contributed by atoms with van der Waals surface area (Å²) in [4.78, 5) is 2.48. The summed E-state index contributed by atoms with van der Waals surface area (Å²) >= 11 is 0. The molecule has 21 heavy (non-hydrogen) atoms. The zero-order chi connectivity index (χ0) is 14.9. The lowest BCUT2D eigenvalue weighted by molar-refractivity contribution is 0.168. The normalized spacial score (nSPS) is 18.4. The van der Waals surface area contributed by atoms with Gasteiger partial charge in [0.1, 0.15) is 0 Å². The number of hydrogen-bond donors (Lipinski definition) is 1. The minimum absolute atomic E-state index is 0.278. The quantitative estimate of drug-likeness (QED) is 0.675. The molecular weight excluding hydrogens is 258 g/mol. The van der Waals surface area contributed by atoms with E-state index in [9.17, 15) is 5.11 Å². The SMILES string of the molecule is CCCCCCCCCN1CCCC(O)c2ccccc21. The fraction of sp³-hybridized carbons (Fsp3) is 0.684. The first-order chi connectivity index (χ1) is 10.3. The molecule has 1 N–H and O–H groups in total. The third-order valence-electron chi connectivity index (χ3n) is 4.57. The number of nitrogens with zero attached hydrogens (tertiary/aromatic N) is 1. The largest absolute Gasteiger partial charge is 0.388 e. The number of benzene rings is 1. The van der Waals surface area contributed by atoms with Crippen molar-refractivity contribution in [2.24, 2.45) is 0 Å². The van der Waals surface area contributed by atoms with Gasteiger partial charge in [-0.25, -0.2) is 0 Å². The van der Waals surface area contributed by atoms with Crippen molar-refractivity contribution in [2.75, 3.05) is 18.0 Å². The van der Waals surface area contributed by atoms with Gasteiger partial charge in [-0.1, -0.05) is 63.6 Å². The molecule has 0 saturated carbocycles. The first kappa shape index (κ1) is 16.4. The number of rotatable bonds is 8. The predicted molar refractivity (Wildman–Crippen MR) is 90.8 cm³/mol. The molecule has 0 saturated heterocycles. The van der Waals surface area contributed by atoms with E-state index in [4.69, 9.17) is 0 Å². The maximum absolute atomic E-state index is 10.2. The first-order valence-electron chi connectivity index (χ1n) is 8.85. The van der Waals surface area contributed by atoms with Crippen LogP contribution >= 0.6 is 0 Å². The van der Waals surface area contributed by atoms with E-state index in [0.29, 0.717) is 0 Å². The van der Waals surface area contributed by atoms with Crippen molar-refractivity contribution in [3.8, 4) is 0 Å². The van der Waals surface area contributed by atoms with Gasteiger partial charge in [-0.3, -0.25) is 0 Å². The van der Waals surface area contributed by atoms with Crippen LogP contribution in [-0.2, 0) is 0 Å². The number of fused-ring (bicyclic) bond motifs is 1. The van der Waals surface area contributed by atoms with Gasteiger partial charge in [0.05, 0.1) is 6.10 Å². The number of unbranched alkanes of at least 4 members (excludes halogenated alkanes) is 6. The highest BCUT2D eigenvalue weighted by molar-refractivity contribution is 5.55. The first-order valence-corrected chi connectivity index (χ1v) is 8.85. The number of para-hydroxylation sites is 1. The molecule has 1 aromatic rings. The standard InChI is InChI=1S/C19H31NO/c1-2-3-4-5-6-7-10-15-20-16-11-14-19(21)17-12-8-9-13-18(17)20/h8-9,12-13,19,21H,2-7,10-11,14-16H2,1H3. The summed E-state index contributed by atoms with van der Waals surface area (Å²) in [5.74, 6) is 0. The van der Waals surface area contributed by atoms with Gasteiger partial charge in [-0.15, -0.1) is 0 Å². The van der Waals surface area contributed by atoms with Crippen LogP contribution in [0.15, 0.2) is 24.3 Å². The summed E-state index contributed by atoms with van der Waals surface area (Å²) in [5, 5.41) is 10.2. The van der Waals surface area contributed by atoms with E-state index < -0.39 is 0 Å². The fourth-order valence-corrected chi connectivity index (χ4v) is 3.30. The molecule has 1 aromatic carbocycles. The minimum atomic E-state index is -0.278. The van der Waals surface area contributed by atoms with E-state index in [0.717, 1.165) is 31.5 Å². The van der Waals surface area contributed by atoms with Gasteiger partial charge in [0.2, 0.25) is 0 Å². The molecule has 1 aliphatic rings. The van der Waals surface area contributed by atoms with Crippen LogP contribution < -0.4 is 4.90 Å². The molecule has 2 nitrogen and oxygen atoms in total. The molecule has 0 spiro atoms. The van der Waals surface area contributed by atoms with E-state index in [-0.39, 0.29) is 6.10 Å². The zero-order valence-corrected chi connectivity index (χ0v) is 13.6. The molecule has 2 heteroatoms. The number of aliphatic hydroxyl groups excluding tert-OH is 1. The van der Waals surface area contributed by atoms with Gasteiger partial charge in [-0.05, 0) is 25.3 Å². The van der Waals surface area contributed by atoms with Gasteiger partial charge in [0, 0.05) is 24.3 Å². The molecule has 0 bridgehead atoms. The highest BCUT2D eigenvalue weighted by Gasteiger charge is 2.20. The van der Waals surface area contributed by atoms with Crippen LogP contribution in [0.3, 0.4) is 0 Å². The second-order valence-electron chi connectivity index (χ2n) is 6.33. The smallest absolute Gasteiger partial charge is 0.0810 e. The molecular formula is C19H31NO. The average Bonchev–Trinajstić information content (AvgIpc) is 2.67. The maximum Gasteiger partial charge on any atom is 0.0810 e. The average molecular weight is 289 g/mol. The van der Waals surface area contributed by atoms with Crippen molar-refractivity contribution >= 4 is 5.69 Å². The van der Waals surface area contributed by atoms with E-state index in [1.165, 1.54) is 50.6 Å². The molecule has 0 radical (unpaired) electrons. The molecule has 0 fully saturated rings. The highest BCUT2D eigenvalue weighted by atomic mass is 16.3. The van der Waals surface area contributed by atoms with Crippen molar-refractivity contribution in [3.63, 3.8) is 0 Å². The van der Waals surface area contributed by atoms with Crippen molar-refractivity contribution < 1.29 is 5.11 Å². The molecule has 1 atom stereocenters. The van der Waals surface area contributed by atoms with Crippen LogP contribution in [-0.4, -0.2) is 18.2 Å². The second kappa shape index (κ2) is 9.09. The molecule has 1 unspecified atom stereocenters. The summed E-state index contributed by atoms with van der Waals surface area (Å²) in [7, 11) is 0. The second-order valence-corrected chi connectivity index (χ2v) is 6.33. The number of hydrogen-bond acceptors (Lipinski definition) is 2. The van der Waals surface area contributed by atoms with Crippen LogP contribution in [0, 0.1) is 0 Å². The van der Waals surface area contributed by atoms with Crippen molar-refractivity contribution in [1.29, 1.82) is 0 Å².